The first-order valence-electron chi connectivity index (χ1n) is 7.63. The van der Waals surface area contributed by atoms with Crippen LogP contribution in [0.15, 0.2) is 18.2 Å². The highest BCUT2D eigenvalue weighted by Crippen LogP contribution is 2.23. The van der Waals surface area contributed by atoms with Crippen molar-refractivity contribution in [3.63, 3.8) is 0 Å². The fourth-order valence-electron chi connectivity index (χ4n) is 3.09. The van der Waals surface area contributed by atoms with Crippen LogP contribution in [0.3, 0.4) is 0 Å². The predicted octanol–water partition coefficient (Wildman–Crippen LogP) is 4.10. The van der Waals surface area contributed by atoms with Gasteiger partial charge in [-0.3, -0.25) is 4.90 Å². The van der Waals surface area contributed by atoms with Crippen molar-refractivity contribution in [1.82, 2.24) is 4.90 Å². The number of rotatable bonds is 4. The van der Waals surface area contributed by atoms with E-state index in [1.54, 1.807) is 12.1 Å². The van der Waals surface area contributed by atoms with Gasteiger partial charge in [-0.2, -0.15) is 5.26 Å². The smallest absolute Gasteiger partial charge is 0.140 e. The van der Waals surface area contributed by atoms with Gasteiger partial charge in [0.2, 0.25) is 0 Å². The van der Waals surface area contributed by atoms with Crippen molar-refractivity contribution in [2.45, 2.75) is 45.6 Å². The zero-order valence-corrected chi connectivity index (χ0v) is 12.2. The van der Waals surface area contributed by atoms with Crippen LogP contribution in [0.2, 0.25) is 0 Å². The molecule has 2 nitrogen and oxygen atoms in total. The molecule has 1 aliphatic rings. The summed E-state index contributed by atoms with van der Waals surface area (Å²) < 4.78 is 13.3. The molecule has 0 saturated carbocycles. The summed E-state index contributed by atoms with van der Waals surface area (Å²) in [5, 5.41) is 8.88. The number of halogens is 1. The van der Waals surface area contributed by atoms with Crippen molar-refractivity contribution in [3.8, 4) is 6.07 Å². The van der Waals surface area contributed by atoms with Crippen molar-refractivity contribution in [3.05, 3.63) is 35.1 Å². The molecule has 2 rings (SSSR count). The van der Waals surface area contributed by atoms with Gasteiger partial charge in [0, 0.05) is 6.54 Å². The lowest BCUT2D eigenvalue weighted by molar-refractivity contribution is 0.271. The molecule has 0 aliphatic carbocycles. The van der Waals surface area contributed by atoms with E-state index in [1.807, 2.05) is 6.07 Å². The lowest BCUT2D eigenvalue weighted by atomic mass is 9.96. The van der Waals surface area contributed by atoms with Gasteiger partial charge in [0.25, 0.3) is 0 Å². The maximum absolute atomic E-state index is 13.3. The van der Waals surface area contributed by atoms with Gasteiger partial charge < -0.3 is 0 Å². The fraction of sp³-hybridized carbons (Fsp3) is 0.588. The second-order valence-electron chi connectivity index (χ2n) is 5.79. The van der Waals surface area contributed by atoms with Gasteiger partial charge in [0.15, 0.2) is 0 Å². The van der Waals surface area contributed by atoms with Crippen molar-refractivity contribution in [2.75, 3.05) is 13.1 Å². The second kappa shape index (κ2) is 7.40. The van der Waals surface area contributed by atoms with E-state index >= 15 is 0 Å². The van der Waals surface area contributed by atoms with E-state index in [4.69, 9.17) is 5.26 Å². The van der Waals surface area contributed by atoms with Gasteiger partial charge in [-0.25, -0.2) is 4.39 Å². The Morgan fingerprint density at radius 1 is 1.35 bits per heavy atom. The minimum Gasteiger partial charge on any atom is -0.299 e. The summed E-state index contributed by atoms with van der Waals surface area (Å²) >= 11 is 0. The molecule has 0 spiro atoms. The lowest BCUT2D eigenvalue weighted by Crippen LogP contribution is -2.24. The normalized spacial score (nSPS) is 20.4. The summed E-state index contributed by atoms with van der Waals surface area (Å²) in [6, 6.07) is 6.80. The average molecular weight is 274 g/mol. The van der Waals surface area contributed by atoms with Gasteiger partial charge in [0.05, 0.1) is 5.56 Å². The minimum absolute atomic E-state index is 0.154. The summed E-state index contributed by atoms with van der Waals surface area (Å²) in [6.07, 6.45) is 6.45. The first-order chi connectivity index (χ1) is 9.72. The Labute approximate surface area is 121 Å². The Kier molecular flexibility index (Phi) is 5.55. The molecule has 0 amide bonds. The Balaban J connectivity index is 1.95. The van der Waals surface area contributed by atoms with Crippen molar-refractivity contribution < 1.29 is 4.39 Å². The fourth-order valence-corrected chi connectivity index (χ4v) is 3.09. The lowest BCUT2D eigenvalue weighted by Gasteiger charge is -2.20. The summed E-state index contributed by atoms with van der Waals surface area (Å²) in [6.45, 7) is 5.31. The third kappa shape index (κ3) is 4.05. The maximum atomic E-state index is 13.3. The monoisotopic (exact) mass is 274 g/mol. The zero-order chi connectivity index (χ0) is 14.4. The van der Waals surface area contributed by atoms with Crippen LogP contribution < -0.4 is 0 Å². The Bertz CT molecular complexity index is 478. The standard InChI is InChI=1S/C17H23FN2/c1-2-4-14-5-3-9-20(10-8-14)13-15-6-7-17(18)16(11-15)12-19/h6-7,11,14H,2-5,8-10,13H2,1H3. The highest BCUT2D eigenvalue weighted by atomic mass is 19.1. The average Bonchev–Trinajstić information content (AvgIpc) is 2.67. The number of likely N-dealkylation sites (tertiary alicyclic amines) is 1. The Hall–Kier alpha value is -1.40. The first-order valence-corrected chi connectivity index (χ1v) is 7.63. The first kappa shape index (κ1) is 15.0. The number of benzene rings is 1. The van der Waals surface area contributed by atoms with Gasteiger partial charge in [0.1, 0.15) is 11.9 Å². The van der Waals surface area contributed by atoms with Gasteiger partial charge in [-0.05, 0) is 56.0 Å². The van der Waals surface area contributed by atoms with E-state index in [2.05, 4.69) is 11.8 Å². The minimum atomic E-state index is -0.421. The van der Waals surface area contributed by atoms with Gasteiger partial charge in [-0.1, -0.05) is 25.8 Å². The van der Waals surface area contributed by atoms with E-state index in [9.17, 15) is 4.39 Å². The molecule has 1 aromatic rings. The quantitative estimate of drug-likeness (QED) is 0.826. The number of hydrogen-bond donors (Lipinski definition) is 0. The zero-order valence-electron chi connectivity index (χ0n) is 12.2. The molecule has 1 fully saturated rings. The van der Waals surface area contributed by atoms with E-state index in [-0.39, 0.29) is 5.56 Å². The maximum Gasteiger partial charge on any atom is 0.140 e. The number of nitrogens with zero attached hydrogens (tertiary/aromatic N) is 2. The van der Waals surface area contributed by atoms with Crippen LogP contribution in [-0.2, 0) is 6.54 Å². The largest absolute Gasteiger partial charge is 0.299 e. The molecule has 1 atom stereocenters. The summed E-state index contributed by atoms with van der Waals surface area (Å²) in [5.41, 5.74) is 1.19. The van der Waals surface area contributed by atoms with Crippen molar-refractivity contribution in [1.29, 1.82) is 5.26 Å². The molecule has 20 heavy (non-hydrogen) atoms. The molecule has 0 bridgehead atoms. The molecule has 1 unspecified atom stereocenters. The summed E-state index contributed by atoms with van der Waals surface area (Å²) in [7, 11) is 0. The van der Waals surface area contributed by atoms with Crippen LogP contribution in [0.1, 0.15) is 50.2 Å². The Morgan fingerprint density at radius 2 is 2.20 bits per heavy atom. The van der Waals surface area contributed by atoms with E-state index < -0.39 is 5.82 Å². The van der Waals surface area contributed by atoms with Crippen LogP contribution in [0.25, 0.3) is 0 Å². The van der Waals surface area contributed by atoms with Crippen LogP contribution in [0.5, 0.6) is 0 Å². The van der Waals surface area contributed by atoms with Crippen molar-refractivity contribution in [2.24, 2.45) is 5.92 Å². The van der Waals surface area contributed by atoms with Crippen LogP contribution >= 0.6 is 0 Å². The summed E-state index contributed by atoms with van der Waals surface area (Å²) in [4.78, 5) is 2.43. The topological polar surface area (TPSA) is 27.0 Å². The number of hydrogen-bond acceptors (Lipinski definition) is 2. The van der Waals surface area contributed by atoms with Crippen LogP contribution in [-0.4, -0.2) is 18.0 Å². The summed E-state index contributed by atoms with van der Waals surface area (Å²) in [5.74, 6) is 0.447. The highest BCUT2D eigenvalue weighted by Gasteiger charge is 2.16. The molecule has 3 heteroatoms. The Morgan fingerprint density at radius 3 is 2.95 bits per heavy atom. The molecular weight excluding hydrogens is 251 g/mol. The molecular formula is C17H23FN2. The van der Waals surface area contributed by atoms with Gasteiger partial charge >= 0.3 is 0 Å². The SMILES string of the molecule is CCCC1CCCN(Cc2ccc(F)c(C#N)c2)CC1. The molecule has 0 radical (unpaired) electrons. The molecule has 108 valence electrons. The van der Waals surface area contributed by atoms with E-state index in [0.29, 0.717) is 0 Å². The molecule has 1 saturated heterocycles. The van der Waals surface area contributed by atoms with Crippen LogP contribution in [0.4, 0.5) is 4.39 Å². The predicted molar refractivity (Wildman–Crippen MR) is 78.6 cm³/mol. The van der Waals surface area contributed by atoms with Crippen molar-refractivity contribution >= 4 is 0 Å². The molecule has 0 N–H and O–H groups in total. The third-order valence-corrected chi connectivity index (χ3v) is 4.19. The van der Waals surface area contributed by atoms with Crippen LogP contribution in [0, 0.1) is 23.1 Å². The molecule has 1 heterocycles. The van der Waals surface area contributed by atoms with E-state index in [1.165, 1.54) is 38.2 Å². The number of nitriles is 1. The third-order valence-electron chi connectivity index (χ3n) is 4.19. The van der Waals surface area contributed by atoms with Gasteiger partial charge in [-0.15, -0.1) is 0 Å². The highest BCUT2D eigenvalue weighted by molar-refractivity contribution is 5.34. The molecule has 1 aromatic carbocycles. The molecule has 0 aromatic heterocycles. The molecule has 1 aliphatic heterocycles. The second-order valence-corrected chi connectivity index (χ2v) is 5.79. The van der Waals surface area contributed by atoms with E-state index in [0.717, 1.165) is 31.1 Å².